The van der Waals surface area contributed by atoms with Crippen molar-refractivity contribution in [1.29, 1.82) is 5.26 Å². The second kappa shape index (κ2) is 10.4. The third-order valence-electron chi connectivity index (χ3n) is 3.71. The van der Waals surface area contributed by atoms with Crippen LogP contribution in [0, 0.1) is 18.3 Å². The Morgan fingerprint density at radius 1 is 1.24 bits per heavy atom. The number of nitrogens with one attached hydrogen (secondary N) is 1. The molecule has 1 amide bonds. The summed E-state index contributed by atoms with van der Waals surface area (Å²) < 4.78 is 11.0. The second-order valence-corrected chi connectivity index (χ2v) is 7.91. The molecule has 0 aliphatic rings. The molecule has 0 aliphatic carbocycles. The summed E-state index contributed by atoms with van der Waals surface area (Å²) in [5, 5.41) is 12.6. The van der Waals surface area contributed by atoms with Gasteiger partial charge in [0, 0.05) is 10.7 Å². The average Bonchev–Trinajstić information content (AvgIpc) is 2.67. The molecule has 2 rings (SSSR count). The number of ether oxygens (including phenoxy) is 2. The summed E-state index contributed by atoms with van der Waals surface area (Å²) in [4.78, 5) is 23.8. The molecule has 0 saturated carbocycles. The number of carbonyl (C=O) groups is 2. The van der Waals surface area contributed by atoms with Crippen molar-refractivity contribution in [2.45, 2.75) is 6.92 Å². The van der Waals surface area contributed by atoms with Crippen LogP contribution in [0.15, 0.2) is 44.9 Å². The van der Waals surface area contributed by atoms with E-state index in [9.17, 15) is 14.9 Å². The number of amides is 1. The van der Waals surface area contributed by atoms with Gasteiger partial charge in [-0.05, 0) is 80.3 Å². The molecule has 0 fully saturated rings. The van der Waals surface area contributed by atoms with E-state index >= 15 is 0 Å². The molecule has 1 N–H and O–H groups in total. The Morgan fingerprint density at radius 3 is 2.48 bits per heavy atom. The van der Waals surface area contributed by atoms with E-state index in [1.165, 1.54) is 13.2 Å². The number of benzene rings is 2. The smallest absolute Gasteiger partial charge is 0.343 e. The van der Waals surface area contributed by atoms with Crippen molar-refractivity contribution in [3.05, 3.63) is 61.0 Å². The molecule has 0 spiro atoms. The predicted octanol–water partition coefficient (Wildman–Crippen LogP) is 5.27. The number of carbonyl (C=O) groups excluding carboxylic acids is 2. The monoisotopic (exact) mass is 540 g/mol. The molecule has 6 nitrogen and oxygen atoms in total. The van der Waals surface area contributed by atoms with Crippen LogP contribution < -0.4 is 10.1 Å². The van der Waals surface area contributed by atoms with Crippen molar-refractivity contribution in [2.75, 3.05) is 19.0 Å². The van der Waals surface area contributed by atoms with Crippen molar-refractivity contribution in [2.24, 2.45) is 0 Å². The van der Waals surface area contributed by atoms with Crippen LogP contribution in [0.2, 0.25) is 5.02 Å². The number of methoxy groups -OCH3 is 1. The molecule has 150 valence electrons. The van der Waals surface area contributed by atoms with Crippen LogP contribution in [0.5, 0.6) is 5.75 Å². The lowest BCUT2D eigenvalue weighted by atomic mass is 10.1. The summed E-state index contributed by atoms with van der Waals surface area (Å²) in [7, 11) is 1.27. The highest BCUT2D eigenvalue weighted by Crippen LogP contribution is 2.35. The van der Waals surface area contributed by atoms with E-state index in [4.69, 9.17) is 16.3 Å². The van der Waals surface area contributed by atoms with Crippen LogP contribution in [0.4, 0.5) is 5.69 Å². The quantitative estimate of drug-likeness (QED) is 0.305. The first-order valence-corrected chi connectivity index (χ1v) is 10.1. The van der Waals surface area contributed by atoms with Crippen LogP contribution >= 0.6 is 43.5 Å². The van der Waals surface area contributed by atoms with Crippen LogP contribution in [0.25, 0.3) is 6.08 Å². The number of nitriles is 1. The van der Waals surface area contributed by atoms with Gasteiger partial charge in [0.1, 0.15) is 17.4 Å². The van der Waals surface area contributed by atoms with Gasteiger partial charge >= 0.3 is 5.97 Å². The molecule has 0 bridgehead atoms. The largest absolute Gasteiger partial charge is 0.480 e. The number of aryl methyl sites for hydroxylation is 1. The summed E-state index contributed by atoms with van der Waals surface area (Å²) in [6, 6.07) is 10.3. The van der Waals surface area contributed by atoms with Gasteiger partial charge in [-0.15, -0.1) is 0 Å². The molecule has 0 saturated heterocycles. The fourth-order valence-electron chi connectivity index (χ4n) is 2.22. The van der Waals surface area contributed by atoms with Gasteiger partial charge in [0.05, 0.1) is 16.1 Å². The van der Waals surface area contributed by atoms with E-state index in [1.807, 2.05) is 13.0 Å². The second-order valence-electron chi connectivity index (χ2n) is 5.76. The zero-order valence-corrected chi connectivity index (χ0v) is 19.3. The first-order valence-electron chi connectivity index (χ1n) is 8.13. The van der Waals surface area contributed by atoms with Crippen molar-refractivity contribution >= 4 is 67.1 Å². The molecule has 9 heteroatoms. The summed E-state index contributed by atoms with van der Waals surface area (Å²) in [6.45, 7) is 1.57. The van der Waals surface area contributed by atoms with E-state index in [2.05, 4.69) is 41.9 Å². The van der Waals surface area contributed by atoms with Gasteiger partial charge in [-0.25, -0.2) is 4.79 Å². The lowest BCUT2D eigenvalue weighted by molar-refractivity contribution is -0.142. The Kier molecular flexibility index (Phi) is 8.26. The first-order chi connectivity index (χ1) is 13.7. The minimum Gasteiger partial charge on any atom is -0.480 e. The van der Waals surface area contributed by atoms with Gasteiger partial charge in [-0.3, -0.25) is 4.79 Å². The average molecular weight is 543 g/mol. The highest BCUT2D eigenvalue weighted by atomic mass is 79.9. The van der Waals surface area contributed by atoms with Gasteiger partial charge in [0.25, 0.3) is 5.91 Å². The number of hydrogen-bond donors (Lipinski definition) is 1. The maximum absolute atomic E-state index is 12.5. The number of hydrogen-bond acceptors (Lipinski definition) is 5. The van der Waals surface area contributed by atoms with Gasteiger partial charge in [-0.1, -0.05) is 17.7 Å². The standard InChI is InChI=1S/C20H15Br2ClN2O4/c1-11-3-4-14(23)8-17(11)25-20(27)13(9-24)5-12-6-15(21)19(16(22)7-12)29-10-18(26)28-2/h3-8H,10H2,1-2H3,(H,25,27)/b13-5+. The summed E-state index contributed by atoms with van der Waals surface area (Å²) >= 11 is 12.7. The highest BCUT2D eigenvalue weighted by Gasteiger charge is 2.14. The van der Waals surface area contributed by atoms with Gasteiger partial charge < -0.3 is 14.8 Å². The van der Waals surface area contributed by atoms with Crippen LogP contribution in [-0.4, -0.2) is 25.6 Å². The van der Waals surface area contributed by atoms with Crippen molar-refractivity contribution in [3.63, 3.8) is 0 Å². The number of rotatable bonds is 6. The topological polar surface area (TPSA) is 88.4 Å². The maximum atomic E-state index is 12.5. The van der Waals surface area contributed by atoms with Crippen LogP contribution in [-0.2, 0) is 14.3 Å². The Hall–Kier alpha value is -2.34. The lowest BCUT2D eigenvalue weighted by Crippen LogP contribution is -2.14. The van der Waals surface area contributed by atoms with Gasteiger partial charge in [-0.2, -0.15) is 5.26 Å². The molecule has 2 aromatic rings. The summed E-state index contributed by atoms with van der Waals surface area (Å²) in [5.74, 6) is -0.686. The minimum absolute atomic E-state index is 0.0913. The Labute approximate surface area is 189 Å². The number of halogens is 3. The van der Waals surface area contributed by atoms with Crippen LogP contribution in [0.1, 0.15) is 11.1 Å². The Morgan fingerprint density at radius 2 is 1.90 bits per heavy atom. The molecular weight excluding hydrogens is 527 g/mol. The summed E-state index contributed by atoms with van der Waals surface area (Å²) in [6.07, 6.45) is 1.44. The van der Waals surface area contributed by atoms with Gasteiger partial charge in [0.15, 0.2) is 6.61 Å². The Balaban J connectivity index is 2.26. The highest BCUT2D eigenvalue weighted by molar-refractivity contribution is 9.11. The lowest BCUT2D eigenvalue weighted by Gasteiger charge is -2.11. The number of anilines is 1. The first kappa shape index (κ1) is 22.9. The molecule has 0 aromatic heterocycles. The predicted molar refractivity (Wildman–Crippen MR) is 118 cm³/mol. The van der Waals surface area contributed by atoms with Crippen molar-refractivity contribution in [3.8, 4) is 11.8 Å². The number of esters is 1. The fraction of sp³-hybridized carbons (Fsp3) is 0.150. The van der Waals surface area contributed by atoms with E-state index in [0.29, 0.717) is 31.0 Å². The molecule has 2 aromatic carbocycles. The molecule has 0 atom stereocenters. The molecule has 29 heavy (non-hydrogen) atoms. The third-order valence-corrected chi connectivity index (χ3v) is 5.12. The molecular formula is C20H15Br2ClN2O4. The molecule has 0 aliphatic heterocycles. The summed E-state index contributed by atoms with van der Waals surface area (Å²) in [5.41, 5.74) is 1.82. The van der Waals surface area contributed by atoms with Crippen molar-refractivity contribution in [1.82, 2.24) is 0 Å². The fourth-order valence-corrected chi connectivity index (χ4v) is 3.85. The van der Waals surface area contributed by atoms with E-state index < -0.39 is 11.9 Å². The van der Waals surface area contributed by atoms with Crippen LogP contribution in [0.3, 0.4) is 0 Å². The SMILES string of the molecule is COC(=O)COc1c(Br)cc(/C=C(\C#N)C(=O)Nc2cc(Cl)ccc2C)cc1Br. The van der Waals surface area contributed by atoms with E-state index in [1.54, 1.807) is 30.3 Å². The Bertz CT molecular complexity index is 1010. The molecule has 0 radical (unpaired) electrons. The molecule has 0 heterocycles. The van der Waals surface area contributed by atoms with Gasteiger partial charge in [0.2, 0.25) is 0 Å². The zero-order valence-electron chi connectivity index (χ0n) is 15.4. The maximum Gasteiger partial charge on any atom is 0.343 e. The molecule has 0 unspecified atom stereocenters. The van der Waals surface area contributed by atoms with Crippen molar-refractivity contribution < 1.29 is 19.1 Å². The minimum atomic E-state index is -0.559. The van der Waals surface area contributed by atoms with E-state index in [0.717, 1.165) is 5.56 Å². The van der Waals surface area contributed by atoms with E-state index in [-0.39, 0.29) is 12.2 Å². The third kappa shape index (κ3) is 6.32. The zero-order chi connectivity index (χ0) is 21.6. The number of nitrogens with zero attached hydrogens (tertiary/aromatic N) is 1. The normalized spacial score (nSPS) is 10.8.